The zero-order valence-corrected chi connectivity index (χ0v) is 9.36. The fourth-order valence-corrected chi connectivity index (χ4v) is 2.24. The molecule has 1 aromatic heterocycles. The molecule has 0 radical (unpaired) electrons. The van der Waals surface area contributed by atoms with Crippen molar-refractivity contribution in [2.45, 2.75) is 44.9 Å². The highest BCUT2D eigenvalue weighted by atomic mass is 16.5. The van der Waals surface area contributed by atoms with Crippen molar-refractivity contribution >= 4 is 0 Å². The Balaban J connectivity index is 1.95. The fourth-order valence-electron chi connectivity index (χ4n) is 2.24. The molecular weight excluding hydrogens is 188 g/mol. The van der Waals surface area contributed by atoms with Gasteiger partial charge in [0.1, 0.15) is 0 Å². The smallest absolute Gasteiger partial charge is 0.0758 e. The van der Waals surface area contributed by atoms with E-state index >= 15 is 0 Å². The molecule has 1 saturated heterocycles. The van der Waals surface area contributed by atoms with Crippen molar-refractivity contribution in [1.82, 2.24) is 4.57 Å². The van der Waals surface area contributed by atoms with E-state index in [9.17, 15) is 0 Å². The average molecular weight is 208 g/mol. The largest absolute Gasteiger partial charge is 0.373 e. The van der Waals surface area contributed by atoms with Crippen LogP contribution in [0.5, 0.6) is 0 Å². The molecule has 0 amide bonds. The minimum Gasteiger partial charge on any atom is -0.373 e. The molecule has 2 unspecified atom stereocenters. The lowest BCUT2D eigenvalue weighted by molar-refractivity contribution is 0.0454. The maximum Gasteiger partial charge on any atom is 0.0758 e. The maximum absolute atomic E-state index is 5.82. The van der Waals surface area contributed by atoms with Crippen molar-refractivity contribution in [3.8, 4) is 0 Å². The predicted octanol–water partition coefficient (Wildman–Crippen LogP) is 1.56. The molecule has 0 spiro atoms. The number of nitrogens with two attached hydrogens (primary N) is 1. The lowest BCUT2D eigenvalue weighted by Gasteiger charge is -2.14. The summed E-state index contributed by atoms with van der Waals surface area (Å²) in [5.41, 5.74) is 6.89. The van der Waals surface area contributed by atoms with Crippen LogP contribution in [0.15, 0.2) is 18.3 Å². The quantitative estimate of drug-likeness (QED) is 0.815. The molecule has 3 nitrogen and oxygen atoms in total. The summed E-state index contributed by atoms with van der Waals surface area (Å²) in [6.45, 7) is 3.84. The Bertz CT molecular complexity index is 308. The molecule has 0 bridgehead atoms. The Morgan fingerprint density at radius 2 is 2.40 bits per heavy atom. The molecule has 0 aromatic carbocycles. The van der Waals surface area contributed by atoms with E-state index in [2.05, 4.69) is 29.8 Å². The van der Waals surface area contributed by atoms with E-state index in [0.29, 0.717) is 18.8 Å². The molecule has 2 heterocycles. The fraction of sp³-hybridized carbons (Fsp3) is 0.667. The van der Waals surface area contributed by atoms with E-state index in [1.54, 1.807) is 0 Å². The third-order valence-corrected chi connectivity index (χ3v) is 3.04. The van der Waals surface area contributed by atoms with Crippen LogP contribution in [0.25, 0.3) is 0 Å². The lowest BCUT2D eigenvalue weighted by Crippen LogP contribution is -2.18. The Kier molecular flexibility index (Phi) is 3.44. The molecule has 2 N–H and O–H groups in total. The molecule has 0 aliphatic carbocycles. The summed E-state index contributed by atoms with van der Waals surface area (Å²) < 4.78 is 8.09. The third-order valence-electron chi connectivity index (χ3n) is 3.04. The third kappa shape index (κ3) is 2.61. The van der Waals surface area contributed by atoms with E-state index in [4.69, 9.17) is 10.5 Å². The van der Waals surface area contributed by atoms with E-state index in [0.717, 1.165) is 13.0 Å². The Morgan fingerprint density at radius 1 is 1.53 bits per heavy atom. The van der Waals surface area contributed by atoms with Crippen LogP contribution in [0.4, 0.5) is 0 Å². The molecular formula is C12H20N2O. The first-order chi connectivity index (χ1) is 7.29. The van der Waals surface area contributed by atoms with E-state index in [1.807, 2.05) is 0 Å². The topological polar surface area (TPSA) is 40.2 Å². The molecule has 1 aromatic rings. The second-order valence-electron chi connectivity index (χ2n) is 4.34. The minimum atomic E-state index is 0.393. The van der Waals surface area contributed by atoms with Gasteiger partial charge in [0.05, 0.1) is 12.2 Å². The zero-order valence-electron chi connectivity index (χ0n) is 9.36. The predicted molar refractivity (Wildman–Crippen MR) is 60.8 cm³/mol. The minimum absolute atomic E-state index is 0.393. The van der Waals surface area contributed by atoms with Crippen molar-refractivity contribution in [2.24, 2.45) is 5.73 Å². The first-order valence-electron chi connectivity index (χ1n) is 5.79. The van der Waals surface area contributed by atoms with E-state index in [1.165, 1.54) is 18.5 Å². The molecule has 2 atom stereocenters. The van der Waals surface area contributed by atoms with Crippen molar-refractivity contribution in [3.63, 3.8) is 0 Å². The number of hydrogen-bond acceptors (Lipinski definition) is 2. The van der Waals surface area contributed by atoms with Crippen molar-refractivity contribution < 1.29 is 4.74 Å². The van der Waals surface area contributed by atoms with Crippen LogP contribution >= 0.6 is 0 Å². The van der Waals surface area contributed by atoms with Gasteiger partial charge in [0, 0.05) is 18.4 Å². The Labute approximate surface area is 91.2 Å². The van der Waals surface area contributed by atoms with Gasteiger partial charge in [-0.25, -0.2) is 0 Å². The molecule has 1 aliphatic rings. The van der Waals surface area contributed by atoms with E-state index < -0.39 is 0 Å². The number of ether oxygens (including phenoxy) is 1. The van der Waals surface area contributed by atoms with Gasteiger partial charge in [-0.05, 0) is 44.9 Å². The second-order valence-corrected chi connectivity index (χ2v) is 4.34. The monoisotopic (exact) mass is 208 g/mol. The lowest BCUT2D eigenvalue weighted by atomic mass is 10.2. The maximum atomic E-state index is 5.82. The number of nitrogens with zero attached hydrogens (tertiary/aromatic N) is 1. The van der Waals surface area contributed by atoms with Gasteiger partial charge in [-0.2, -0.15) is 0 Å². The molecule has 3 heteroatoms. The van der Waals surface area contributed by atoms with Gasteiger partial charge in [0.2, 0.25) is 0 Å². The van der Waals surface area contributed by atoms with Gasteiger partial charge in [-0.15, -0.1) is 0 Å². The van der Waals surface area contributed by atoms with Gasteiger partial charge in [-0.1, -0.05) is 0 Å². The van der Waals surface area contributed by atoms with Crippen molar-refractivity contribution in [2.75, 3.05) is 6.54 Å². The molecule has 0 saturated carbocycles. The molecule has 15 heavy (non-hydrogen) atoms. The summed E-state index contributed by atoms with van der Waals surface area (Å²) in [4.78, 5) is 0. The zero-order chi connectivity index (χ0) is 10.7. The van der Waals surface area contributed by atoms with Crippen LogP contribution < -0.4 is 5.73 Å². The highest BCUT2D eigenvalue weighted by molar-refractivity contribution is 5.07. The van der Waals surface area contributed by atoms with Crippen LogP contribution in [0.1, 0.15) is 25.5 Å². The van der Waals surface area contributed by atoms with Gasteiger partial charge in [0.25, 0.3) is 0 Å². The van der Waals surface area contributed by atoms with Crippen LogP contribution in [-0.2, 0) is 17.7 Å². The van der Waals surface area contributed by atoms with Crippen molar-refractivity contribution in [1.29, 1.82) is 0 Å². The molecule has 2 rings (SSSR count). The van der Waals surface area contributed by atoms with Gasteiger partial charge in [0.15, 0.2) is 0 Å². The van der Waals surface area contributed by atoms with Crippen LogP contribution in [0, 0.1) is 0 Å². The summed E-state index contributed by atoms with van der Waals surface area (Å²) in [6.07, 6.45) is 6.28. The number of aromatic nitrogens is 1. The molecule has 1 fully saturated rings. The first kappa shape index (κ1) is 10.7. The summed E-state index contributed by atoms with van der Waals surface area (Å²) in [5.74, 6) is 0. The summed E-state index contributed by atoms with van der Waals surface area (Å²) in [7, 11) is 0. The van der Waals surface area contributed by atoms with Crippen molar-refractivity contribution in [3.05, 3.63) is 24.0 Å². The van der Waals surface area contributed by atoms with Gasteiger partial charge in [-0.3, -0.25) is 0 Å². The summed E-state index contributed by atoms with van der Waals surface area (Å²) >= 11 is 0. The standard InChI is InChI=1S/C12H20N2O/c1-10-4-5-12(15-10)9-14-8-2-3-11(14)6-7-13/h2-3,8,10,12H,4-7,9,13H2,1H3. The normalized spacial score (nSPS) is 26.0. The van der Waals surface area contributed by atoms with Gasteiger partial charge < -0.3 is 15.0 Å². The molecule has 84 valence electrons. The van der Waals surface area contributed by atoms with Crippen LogP contribution in [0.2, 0.25) is 0 Å². The average Bonchev–Trinajstić information content (AvgIpc) is 2.78. The SMILES string of the molecule is CC1CCC(Cn2cccc2CCN)O1. The highest BCUT2D eigenvalue weighted by Gasteiger charge is 2.22. The number of hydrogen-bond donors (Lipinski definition) is 1. The van der Waals surface area contributed by atoms with Crippen LogP contribution in [-0.4, -0.2) is 23.3 Å². The summed E-state index contributed by atoms with van der Waals surface area (Å²) in [5, 5.41) is 0. The van der Waals surface area contributed by atoms with E-state index in [-0.39, 0.29) is 0 Å². The molecule has 1 aliphatic heterocycles. The Morgan fingerprint density at radius 3 is 3.07 bits per heavy atom. The first-order valence-corrected chi connectivity index (χ1v) is 5.79. The summed E-state index contributed by atoms with van der Waals surface area (Å²) in [6, 6.07) is 4.23. The van der Waals surface area contributed by atoms with Crippen LogP contribution in [0.3, 0.4) is 0 Å². The Hall–Kier alpha value is -0.800. The highest BCUT2D eigenvalue weighted by Crippen LogP contribution is 2.21. The number of rotatable bonds is 4. The second kappa shape index (κ2) is 4.81. The van der Waals surface area contributed by atoms with Gasteiger partial charge >= 0.3 is 0 Å².